The molecule has 23 heavy (non-hydrogen) atoms. The summed E-state index contributed by atoms with van der Waals surface area (Å²) >= 11 is 0. The van der Waals surface area contributed by atoms with Gasteiger partial charge in [0.1, 0.15) is 5.69 Å². The van der Waals surface area contributed by atoms with Gasteiger partial charge in [-0.1, -0.05) is 41.5 Å². The van der Waals surface area contributed by atoms with Crippen LogP contribution in [0.5, 0.6) is 0 Å². The van der Waals surface area contributed by atoms with Gasteiger partial charge in [0, 0.05) is 10.9 Å². The van der Waals surface area contributed by atoms with E-state index in [-0.39, 0.29) is 5.91 Å². The van der Waals surface area contributed by atoms with Crippen LogP contribution in [0, 0.1) is 20.8 Å². The number of fused-ring (bicyclic) bond motifs is 1. The molecule has 1 aromatic heterocycles. The van der Waals surface area contributed by atoms with Crippen molar-refractivity contribution < 1.29 is 4.79 Å². The minimum absolute atomic E-state index is 0.236. The molecular weight excluding hydrogens is 286 g/mol. The molecule has 0 unspecified atom stereocenters. The molecular formula is C19H19N3O. The number of hydrogen-bond acceptors (Lipinski definition) is 2. The predicted molar refractivity (Wildman–Crippen MR) is 94.0 cm³/mol. The number of benzene rings is 2. The number of H-pyrrole nitrogens is 1. The van der Waals surface area contributed by atoms with Crippen LogP contribution in [0.4, 0.5) is 0 Å². The summed E-state index contributed by atoms with van der Waals surface area (Å²) in [6, 6.07) is 14.0. The molecule has 2 aromatic carbocycles. The number of aromatic nitrogens is 1. The van der Waals surface area contributed by atoms with E-state index in [1.165, 1.54) is 11.1 Å². The maximum absolute atomic E-state index is 12.3. The van der Waals surface area contributed by atoms with Crippen LogP contribution < -0.4 is 5.43 Å². The largest absolute Gasteiger partial charge is 0.350 e. The lowest BCUT2D eigenvalue weighted by Gasteiger charge is -1.99. The van der Waals surface area contributed by atoms with Crippen molar-refractivity contribution in [2.75, 3.05) is 0 Å². The van der Waals surface area contributed by atoms with E-state index in [0.29, 0.717) is 5.69 Å². The molecule has 4 heteroatoms. The zero-order chi connectivity index (χ0) is 16.4. The summed E-state index contributed by atoms with van der Waals surface area (Å²) < 4.78 is 0. The highest BCUT2D eigenvalue weighted by Gasteiger charge is 2.14. The van der Waals surface area contributed by atoms with Crippen LogP contribution in [0.3, 0.4) is 0 Å². The number of hydrogen-bond donors (Lipinski definition) is 2. The molecule has 0 spiro atoms. The summed E-state index contributed by atoms with van der Waals surface area (Å²) in [5.74, 6) is -0.236. The summed E-state index contributed by atoms with van der Waals surface area (Å²) in [5, 5.41) is 5.10. The third-order valence-electron chi connectivity index (χ3n) is 3.90. The summed E-state index contributed by atoms with van der Waals surface area (Å²) in [5.41, 5.74) is 8.33. The molecule has 3 aromatic rings. The van der Waals surface area contributed by atoms with Crippen LogP contribution in [-0.4, -0.2) is 17.1 Å². The summed E-state index contributed by atoms with van der Waals surface area (Å²) in [4.78, 5) is 15.5. The fourth-order valence-electron chi connectivity index (χ4n) is 2.54. The van der Waals surface area contributed by atoms with Gasteiger partial charge in [-0.3, -0.25) is 4.79 Å². The number of amides is 1. The lowest BCUT2D eigenvalue weighted by Crippen LogP contribution is -2.18. The standard InChI is InChI=1S/C19H19N3O/c1-12-4-7-15(8-5-12)11-20-22-19(23)18-14(3)16-10-13(2)6-9-17(16)21-18/h4-11,21H,1-3H3,(H,22,23)/b20-11+. The zero-order valence-electron chi connectivity index (χ0n) is 13.5. The van der Waals surface area contributed by atoms with Gasteiger partial charge in [-0.25, -0.2) is 5.43 Å². The topological polar surface area (TPSA) is 57.2 Å². The third kappa shape index (κ3) is 3.16. The average Bonchev–Trinajstić information content (AvgIpc) is 2.86. The first kappa shape index (κ1) is 15.0. The van der Waals surface area contributed by atoms with Crippen LogP contribution in [0.15, 0.2) is 47.6 Å². The Morgan fingerprint density at radius 2 is 1.74 bits per heavy atom. The molecule has 4 nitrogen and oxygen atoms in total. The molecule has 0 aliphatic carbocycles. The Hall–Kier alpha value is -2.88. The Balaban J connectivity index is 1.78. The number of aryl methyl sites for hydroxylation is 3. The number of nitrogens with zero attached hydrogens (tertiary/aromatic N) is 1. The minimum Gasteiger partial charge on any atom is -0.350 e. The van der Waals surface area contributed by atoms with Crippen molar-refractivity contribution in [1.29, 1.82) is 0 Å². The molecule has 0 atom stereocenters. The average molecular weight is 305 g/mol. The summed E-state index contributed by atoms with van der Waals surface area (Å²) in [6.45, 7) is 6.01. The first-order valence-electron chi connectivity index (χ1n) is 7.53. The second-order valence-electron chi connectivity index (χ2n) is 5.78. The SMILES string of the molecule is Cc1ccc(/C=N/NC(=O)c2[nH]c3ccc(C)cc3c2C)cc1. The van der Waals surface area contributed by atoms with Gasteiger partial charge in [0.15, 0.2) is 0 Å². The van der Waals surface area contributed by atoms with E-state index in [4.69, 9.17) is 0 Å². The van der Waals surface area contributed by atoms with Crippen molar-refractivity contribution in [3.8, 4) is 0 Å². The lowest BCUT2D eigenvalue weighted by molar-refractivity contribution is 0.0950. The van der Waals surface area contributed by atoms with Crippen molar-refractivity contribution in [2.45, 2.75) is 20.8 Å². The van der Waals surface area contributed by atoms with Gasteiger partial charge in [0.2, 0.25) is 0 Å². The van der Waals surface area contributed by atoms with E-state index in [1.807, 2.05) is 57.2 Å². The molecule has 1 amide bonds. The van der Waals surface area contributed by atoms with Gasteiger partial charge in [-0.2, -0.15) is 5.10 Å². The van der Waals surface area contributed by atoms with Crippen LogP contribution in [0.1, 0.15) is 32.7 Å². The first-order chi connectivity index (χ1) is 11.0. The maximum Gasteiger partial charge on any atom is 0.288 e. The molecule has 0 saturated carbocycles. The number of nitrogens with one attached hydrogen (secondary N) is 2. The Morgan fingerprint density at radius 3 is 2.48 bits per heavy atom. The quantitative estimate of drug-likeness (QED) is 0.560. The van der Waals surface area contributed by atoms with Gasteiger partial charge < -0.3 is 4.98 Å². The van der Waals surface area contributed by atoms with Crippen molar-refractivity contribution in [1.82, 2.24) is 10.4 Å². The highest BCUT2D eigenvalue weighted by Crippen LogP contribution is 2.22. The number of carbonyl (C=O) groups excluding carboxylic acids is 1. The van der Waals surface area contributed by atoms with Crippen LogP contribution in [0.25, 0.3) is 10.9 Å². The van der Waals surface area contributed by atoms with E-state index < -0.39 is 0 Å². The highest BCUT2D eigenvalue weighted by atomic mass is 16.2. The van der Waals surface area contributed by atoms with E-state index in [0.717, 1.165) is 22.0 Å². The Morgan fingerprint density at radius 1 is 1.04 bits per heavy atom. The number of rotatable bonds is 3. The fraction of sp³-hybridized carbons (Fsp3) is 0.158. The smallest absolute Gasteiger partial charge is 0.288 e. The van der Waals surface area contributed by atoms with E-state index in [9.17, 15) is 4.79 Å². The van der Waals surface area contributed by atoms with Crippen LogP contribution >= 0.6 is 0 Å². The molecule has 0 fully saturated rings. The molecule has 1 heterocycles. The van der Waals surface area contributed by atoms with Crippen LogP contribution in [0.2, 0.25) is 0 Å². The zero-order valence-corrected chi connectivity index (χ0v) is 13.5. The molecule has 0 aliphatic rings. The van der Waals surface area contributed by atoms with Crippen molar-refractivity contribution in [3.05, 3.63) is 70.4 Å². The van der Waals surface area contributed by atoms with E-state index in [2.05, 4.69) is 21.6 Å². The molecule has 0 saturated heterocycles. The molecule has 2 N–H and O–H groups in total. The van der Waals surface area contributed by atoms with E-state index >= 15 is 0 Å². The highest BCUT2D eigenvalue weighted by molar-refractivity contribution is 6.01. The molecule has 3 rings (SSSR count). The molecule has 0 bridgehead atoms. The Kier molecular flexibility index (Phi) is 3.98. The monoisotopic (exact) mass is 305 g/mol. The number of hydrazone groups is 1. The fourth-order valence-corrected chi connectivity index (χ4v) is 2.54. The maximum atomic E-state index is 12.3. The Bertz CT molecular complexity index is 889. The Labute approximate surface area is 135 Å². The molecule has 0 radical (unpaired) electrons. The molecule has 116 valence electrons. The number of carbonyl (C=O) groups is 1. The first-order valence-corrected chi connectivity index (χ1v) is 7.53. The second-order valence-corrected chi connectivity index (χ2v) is 5.78. The minimum atomic E-state index is -0.236. The lowest BCUT2D eigenvalue weighted by atomic mass is 10.1. The van der Waals surface area contributed by atoms with E-state index in [1.54, 1.807) is 6.21 Å². The van der Waals surface area contributed by atoms with Gasteiger partial charge in [-0.05, 0) is 44.0 Å². The summed E-state index contributed by atoms with van der Waals surface area (Å²) in [6.07, 6.45) is 1.64. The summed E-state index contributed by atoms with van der Waals surface area (Å²) in [7, 11) is 0. The van der Waals surface area contributed by atoms with Gasteiger partial charge >= 0.3 is 0 Å². The predicted octanol–water partition coefficient (Wildman–Crippen LogP) is 3.86. The van der Waals surface area contributed by atoms with Crippen LogP contribution in [-0.2, 0) is 0 Å². The molecule has 0 aliphatic heterocycles. The van der Waals surface area contributed by atoms with Gasteiger partial charge in [0.25, 0.3) is 5.91 Å². The van der Waals surface area contributed by atoms with Crippen molar-refractivity contribution in [2.24, 2.45) is 5.10 Å². The second kappa shape index (κ2) is 6.08. The van der Waals surface area contributed by atoms with Gasteiger partial charge in [0.05, 0.1) is 6.21 Å². The van der Waals surface area contributed by atoms with Gasteiger partial charge in [-0.15, -0.1) is 0 Å². The van der Waals surface area contributed by atoms with Crippen molar-refractivity contribution in [3.63, 3.8) is 0 Å². The van der Waals surface area contributed by atoms with Crippen molar-refractivity contribution >= 4 is 23.0 Å². The third-order valence-corrected chi connectivity index (χ3v) is 3.90. The normalized spacial score (nSPS) is 11.3. The number of aromatic amines is 1.